The fraction of sp³-hybridized carbons (Fsp3) is 0.538. The Morgan fingerprint density at radius 3 is 3.17 bits per heavy atom. The van der Waals surface area contributed by atoms with Gasteiger partial charge >= 0.3 is 0 Å². The molecule has 96 valence electrons. The molecule has 1 aromatic heterocycles. The van der Waals surface area contributed by atoms with Gasteiger partial charge in [-0.1, -0.05) is 6.42 Å². The highest BCUT2D eigenvalue weighted by atomic mass is 16.5. The summed E-state index contributed by atoms with van der Waals surface area (Å²) in [6.07, 6.45) is 5.13. The Kier molecular flexibility index (Phi) is 4.00. The van der Waals surface area contributed by atoms with Crippen LogP contribution in [0.4, 0.5) is 5.69 Å². The third-order valence-corrected chi connectivity index (χ3v) is 3.33. The second-order valence-corrected chi connectivity index (χ2v) is 4.67. The second-order valence-electron chi connectivity index (χ2n) is 4.67. The van der Waals surface area contributed by atoms with Crippen LogP contribution in [0.1, 0.15) is 24.8 Å². The molecule has 0 saturated carbocycles. The Balaban J connectivity index is 1.99. The molecule has 2 heterocycles. The van der Waals surface area contributed by atoms with Crippen LogP contribution in [0.25, 0.3) is 0 Å². The van der Waals surface area contributed by atoms with E-state index in [0.29, 0.717) is 29.8 Å². The van der Waals surface area contributed by atoms with E-state index in [1.165, 1.54) is 19.0 Å². The summed E-state index contributed by atoms with van der Waals surface area (Å²) in [6.45, 7) is 1.68. The highest BCUT2D eigenvalue weighted by molar-refractivity contribution is 5.48. The summed E-state index contributed by atoms with van der Waals surface area (Å²) >= 11 is 0. The molecular weight excluding hydrogens is 228 g/mol. The van der Waals surface area contributed by atoms with Gasteiger partial charge in [0.25, 0.3) is 0 Å². The van der Waals surface area contributed by atoms with Gasteiger partial charge in [-0.3, -0.25) is 0 Å². The van der Waals surface area contributed by atoms with Crippen LogP contribution in [0.5, 0.6) is 5.88 Å². The van der Waals surface area contributed by atoms with Crippen molar-refractivity contribution in [1.82, 2.24) is 9.88 Å². The van der Waals surface area contributed by atoms with Crippen molar-refractivity contribution in [3.63, 3.8) is 0 Å². The molecule has 0 aromatic carbocycles. The summed E-state index contributed by atoms with van der Waals surface area (Å²) in [7, 11) is 2.11. The Morgan fingerprint density at radius 2 is 2.44 bits per heavy atom. The largest absolute Gasteiger partial charge is 0.475 e. The average molecular weight is 246 g/mol. The number of likely N-dealkylation sites (N-methyl/N-ethyl adjacent to an activating group) is 1. The zero-order chi connectivity index (χ0) is 13.0. The number of hydrogen-bond donors (Lipinski definition) is 1. The Labute approximate surface area is 107 Å². The molecule has 5 nitrogen and oxygen atoms in total. The molecule has 18 heavy (non-hydrogen) atoms. The third-order valence-electron chi connectivity index (χ3n) is 3.33. The number of nitrogens with zero attached hydrogens (tertiary/aromatic N) is 3. The maximum absolute atomic E-state index is 9.00. The van der Waals surface area contributed by atoms with Crippen molar-refractivity contribution in [2.45, 2.75) is 25.3 Å². The number of aromatic nitrogens is 1. The number of nitriles is 1. The number of nitrogen functional groups attached to an aromatic ring is 1. The van der Waals surface area contributed by atoms with Crippen molar-refractivity contribution in [2.75, 3.05) is 25.9 Å². The molecule has 2 N–H and O–H groups in total. The predicted octanol–water partition coefficient (Wildman–Crippen LogP) is 1.40. The summed E-state index contributed by atoms with van der Waals surface area (Å²) in [5, 5.41) is 9.00. The minimum atomic E-state index is 0.380. The van der Waals surface area contributed by atoms with Crippen LogP contribution in [0.3, 0.4) is 0 Å². The van der Waals surface area contributed by atoms with E-state index in [2.05, 4.69) is 23.0 Å². The lowest BCUT2D eigenvalue weighted by molar-refractivity contribution is 0.122. The standard InChI is InChI=1S/C13H18N4O/c1-17-5-3-2-4-12(17)9-18-13-10(7-14)6-11(15)8-16-13/h6,8,12H,2-5,9,15H2,1H3. The SMILES string of the molecule is CN1CCCCC1COc1ncc(N)cc1C#N. The number of ether oxygens (including phenoxy) is 1. The smallest absolute Gasteiger partial charge is 0.231 e. The Hall–Kier alpha value is -1.80. The lowest BCUT2D eigenvalue weighted by atomic mass is 10.0. The second kappa shape index (κ2) is 5.69. The van der Waals surface area contributed by atoms with Crippen LogP contribution in [-0.2, 0) is 0 Å². The third kappa shape index (κ3) is 2.90. The molecule has 0 radical (unpaired) electrons. The summed E-state index contributed by atoms with van der Waals surface area (Å²) in [6, 6.07) is 4.05. The molecule has 1 aliphatic heterocycles. The fourth-order valence-corrected chi connectivity index (χ4v) is 2.19. The van der Waals surface area contributed by atoms with Gasteiger partial charge in [-0.2, -0.15) is 5.26 Å². The number of anilines is 1. The molecule has 0 bridgehead atoms. The summed E-state index contributed by atoms with van der Waals surface area (Å²) in [5.41, 5.74) is 6.46. The number of piperidine rings is 1. The van der Waals surface area contributed by atoms with Gasteiger partial charge in [0.2, 0.25) is 5.88 Å². The summed E-state index contributed by atoms with van der Waals surface area (Å²) < 4.78 is 5.66. The van der Waals surface area contributed by atoms with Crippen LogP contribution in [0, 0.1) is 11.3 Å². The van der Waals surface area contributed by atoms with Gasteiger partial charge in [-0.05, 0) is 32.5 Å². The molecular formula is C13H18N4O. The molecule has 1 fully saturated rings. The predicted molar refractivity (Wildman–Crippen MR) is 69.1 cm³/mol. The van der Waals surface area contributed by atoms with Crippen LogP contribution in [0.2, 0.25) is 0 Å². The molecule has 1 unspecified atom stereocenters. The monoisotopic (exact) mass is 246 g/mol. The lowest BCUT2D eigenvalue weighted by Crippen LogP contribution is -2.40. The van der Waals surface area contributed by atoms with Gasteiger partial charge in [0, 0.05) is 6.04 Å². The lowest BCUT2D eigenvalue weighted by Gasteiger charge is -2.32. The number of hydrogen-bond acceptors (Lipinski definition) is 5. The number of likely N-dealkylation sites (tertiary alicyclic amines) is 1. The Morgan fingerprint density at radius 1 is 1.61 bits per heavy atom. The van der Waals surface area contributed by atoms with Gasteiger partial charge in [0.05, 0.1) is 11.9 Å². The van der Waals surface area contributed by atoms with E-state index in [1.54, 1.807) is 6.07 Å². The normalized spacial score (nSPS) is 20.3. The molecule has 0 spiro atoms. The average Bonchev–Trinajstić information content (AvgIpc) is 2.39. The van der Waals surface area contributed by atoms with Crippen LogP contribution < -0.4 is 10.5 Å². The number of rotatable bonds is 3. The quantitative estimate of drug-likeness (QED) is 0.872. The Bertz CT molecular complexity index is 455. The minimum Gasteiger partial charge on any atom is -0.475 e. The van der Waals surface area contributed by atoms with E-state index in [9.17, 15) is 0 Å². The first-order chi connectivity index (χ1) is 8.70. The van der Waals surface area contributed by atoms with E-state index in [-0.39, 0.29) is 0 Å². The van der Waals surface area contributed by atoms with E-state index in [1.807, 2.05) is 0 Å². The van der Waals surface area contributed by atoms with E-state index in [0.717, 1.165) is 13.0 Å². The van der Waals surface area contributed by atoms with Crippen molar-refractivity contribution in [3.8, 4) is 11.9 Å². The van der Waals surface area contributed by atoms with E-state index in [4.69, 9.17) is 15.7 Å². The van der Waals surface area contributed by atoms with Crippen molar-refractivity contribution in [2.24, 2.45) is 0 Å². The summed E-state index contributed by atoms with van der Waals surface area (Å²) in [4.78, 5) is 6.37. The minimum absolute atomic E-state index is 0.380. The maximum Gasteiger partial charge on any atom is 0.231 e. The number of pyridine rings is 1. The molecule has 1 saturated heterocycles. The van der Waals surface area contributed by atoms with Crippen LogP contribution >= 0.6 is 0 Å². The molecule has 0 amide bonds. The summed E-state index contributed by atoms with van der Waals surface area (Å²) in [5.74, 6) is 0.380. The molecule has 1 atom stereocenters. The van der Waals surface area contributed by atoms with E-state index < -0.39 is 0 Å². The van der Waals surface area contributed by atoms with Crippen LogP contribution in [-0.4, -0.2) is 36.1 Å². The molecule has 1 aromatic rings. The fourth-order valence-electron chi connectivity index (χ4n) is 2.19. The van der Waals surface area contributed by atoms with Gasteiger partial charge in [0.15, 0.2) is 0 Å². The van der Waals surface area contributed by atoms with E-state index >= 15 is 0 Å². The highest BCUT2D eigenvalue weighted by Gasteiger charge is 2.20. The van der Waals surface area contributed by atoms with Gasteiger partial charge in [-0.25, -0.2) is 4.98 Å². The zero-order valence-corrected chi connectivity index (χ0v) is 10.6. The zero-order valence-electron chi connectivity index (χ0n) is 10.6. The molecule has 5 heteroatoms. The molecule has 0 aliphatic carbocycles. The molecule has 1 aliphatic rings. The first-order valence-electron chi connectivity index (χ1n) is 6.19. The number of nitrogens with two attached hydrogens (primary N) is 1. The van der Waals surface area contributed by atoms with Gasteiger partial charge in [0.1, 0.15) is 18.2 Å². The first-order valence-corrected chi connectivity index (χ1v) is 6.19. The topological polar surface area (TPSA) is 75.2 Å². The van der Waals surface area contributed by atoms with Gasteiger partial charge < -0.3 is 15.4 Å². The van der Waals surface area contributed by atoms with Crippen molar-refractivity contribution in [3.05, 3.63) is 17.8 Å². The molecule has 2 rings (SSSR count). The van der Waals surface area contributed by atoms with Crippen molar-refractivity contribution < 1.29 is 4.74 Å². The van der Waals surface area contributed by atoms with Crippen molar-refractivity contribution >= 4 is 5.69 Å². The maximum atomic E-state index is 9.00. The van der Waals surface area contributed by atoms with Gasteiger partial charge in [-0.15, -0.1) is 0 Å². The van der Waals surface area contributed by atoms with Crippen LogP contribution in [0.15, 0.2) is 12.3 Å². The first kappa shape index (κ1) is 12.7. The highest BCUT2D eigenvalue weighted by Crippen LogP contribution is 2.19. The van der Waals surface area contributed by atoms with Crippen molar-refractivity contribution in [1.29, 1.82) is 5.26 Å².